The van der Waals surface area contributed by atoms with Crippen molar-refractivity contribution in [3.05, 3.63) is 76.9 Å². The minimum Gasteiger partial charge on any atom is -0.363 e. The van der Waals surface area contributed by atoms with Crippen LogP contribution in [0.5, 0.6) is 0 Å². The molecule has 4 rings (SSSR count). The molecule has 1 aliphatic heterocycles. The molecule has 0 saturated carbocycles. The lowest BCUT2D eigenvalue weighted by Gasteiger charge is -2.34. The van der Waals surface area contributed by atoms with Crippen LogP contribution in [0.2, 0.25) is 5.02 Å². The minimum atomic E-state index is -4.50. The summed E-state index contributed by atoms with van der Waals surface area (Å²) in [5, 5.41) is 10.1. The van der Waals surface area contributed by atoms with Crippen LogP contribution in [0.3, 0.4) is 0 Å². The fraction of sp³-hybridized carbons (Fsp3) is 0.200. The number of carbonyl (C=O) groups excluding carboxylic acids is 1. The molecule has 0 unspecified atom stereocenters. The fourth-order valence-electron chi connectivity index (χ4n) is 3.36. The van der Waals surface area contributed by atoms with Crippen LogP contribution < -0.4 is 10.6 Å². The standard InChI is InChI=1S/C20H16ClF3N4O/c21-13-6-8-14(9-7-13)26-19(29)15-11-25-28-17(20(22,23)24)10-16(27-18(15)28)12-4-2-1-3-5-12/h1-9,11,16-17,27H,10H2,(H,26,29)/t16-,17+/m1/s1. The van der Waals surface area contributed by atoms with Crippen molar-refractivity contribution in [1.29, 1.82) is 0 Å². The van der Waals surface area contributed by atoms with Crippen molar-refractivity contribution in [1.82, 2.24) is 9.78 Å². The van der Waals surface area contributed by atoms with E-state index < -0.39 is 24.2 Å². The van der Waals surface area contributed by atoms with E-state index in [-0.39, 0.29) is 17.8 Å². The number of halogens is 4. The number of anilines is 2. The third-order valence-corrected chi connectivity index (χ3v) is 5.04. The summed E-state index contributed by atoms with van der Waals surface area (Å²) in [5.41, 5.74) is 1.22. The maximum atomic E-state index is 13.7. The van der Waals surface area contributed by atoms with Gasteiger partial charge in [0.15, 0.2) is 6.04 Å². The van der Waals surface area contributed by atoms with Gasteiger partial charge in [-0.25, -0.2) is 4.68 Å². The summed E-state index contributed by atoms with van der Waals surface area (Å²) in [6.07, 6.45) is -3.57. The number of carbonyl (C=O) groups is 1. The summed E-state index contributed by atoms with van der Waals surface area (Å²) in [7, 11) is 0. The SMILES string of the molecule is O=C(Nc1ccc(Cl)cc1)c1cnn2c1N[C@@H](c1ccccc1)C[C@H]2C(F)(F)F. The third kappa shape index (κ3) is 3.93. The Morgan fingerprint density at radius 1 is 1.14 bits per heavy atom. The zero-order chi connectivity index (χ0) is 20.6. The molecule has 1 aliphatic rings. The van der Waals surface area contributed by atoms with Gasteiger partial charge in [0.25, 0.3) is 5.91 Å². The van der Waals surface area contributed by atoms with Gasteiger partial charge in [0.05, 0.1) is 12.2 Å². The number of alkyl halides is 3. The molecule has 3 aromatic rings. The van der Waals surface area contributed by atoms with Crippen molar-refractivity contribution >= 4 is 29.0 Å². The topological polar surface area (TPSA) is 59.0 Å². The molecular weight excluding hydrogens is 405 g/mol. The van der Waals surface area contributed by atoms with Crippen molar-refractivity contribution in [3.63, 3.8) is 0 Å². The van der Waals surface area contributed by atoms with Gasteiger partial charge in [-0.05, 0) is 29.8 Å². The second kappa shape index (κ2) is 7.44. The van der Waals surface area contributed by atoms with Crippen LogP contribution in [0.15, 0.2) is 60.8 Å². The molecule has 5 nitrogen and oxygen atoms in total. The second-order valence-corrected chi connectivity index (χ2v) is 7.15. The summed E-state index contributed by atoms with van der Waals surface area (Å²) in [6.45, 7) is 0. The van der Waals surface area contributed by atoms with Crippen LogP contribution in [-0.4, -0.2) is 21.9 Å². The molecule has 0 radical (unpaired) electrons. The maximum absolute atomic E-state index is 13.7. The summed E-state index contributed by atoms with van der Waals surface area (Å²) >= 11 is 5.83. The quantitative estimate of drug-likeness (QED) is 0.592. The van der Waals surface area contributed by atoms with Gasteiger partial charge < -0.3 is 10.6 Å². The van der Waals surface area contributed by atoms with Gasteiger partial charge in [-0.3, -0.25) is 4.79 Å². The molecule has 2 aromatic carbocycles. The Bertz CT molecular complexity index is 1020. The van der Waals surface area contributed by atoms with Crippen LogP contribution in [0.1, 0.15) is 34.4 Å². The lowest BCUT2D eigenvalue weighted by Crippen LogP contribution is -2.36. The molecule has 0 aliphatic carbocycles. The zero-order valence-corrected chi connectivity index (χ0v) is 15.7. The van der Waals surface area contributed by atoms with Crippen molar-refractivity contribution in [2.45, 2.75) is 24.7 Å². The molecule has 9 heteroatoms. The van der Waals surface area contributed by atoms with Gasteiger partial charge in [0.1, 0.15) is 11.4 Å². The highest BCUT2D eigenvalue weighted by Crippen LogP contribution is 2.44. The van der Waals surface area contributed by atoms with E-state index >= 15 is 0 Å². The highest BCUT2D eigenvalue weighted by molar-refractivity contribution is 6.30. The number of hydrogen-bond donors (Lipinski definition) is 2. The van der Waals surface area contributed by atoms with E-state index in [1.54, 1.807) is 54.6 Å². The first-order chi connectivity index (χ1) is 13.8. The highest BCUT2D eigenvalue weighted by Gasteiger charge is 2.47. The Morgan fingerprint density at radius 2 is 1.83 bits per heavy atom. The normalized spacial score (nSPS) is 18.6. The van der Waals surface area contributed by atoms with E-state index in [1.807, 2.05) is 0 Å². The molecule has 0 bridgehead atoms. The molecule has 0 spiro atoms. The van der Waals surface area contributed by atoms with E-state index in [0.29, 0.717) is 16.3 Å². The smallest absolute Gasteiger partial charge is 0.363 e. The van der Waals surface area contributed by atoms with Crippen molar-refractivity contribution in [2.24, 2.45) is 0 Å². The van der Waals surface area contributed by atoms with Crippen molar-refractivity contribution in [2.75, 3.05) is 10.6 Å². The monoisotopic (exact) mass is 420 g/mol. The van der Waals surface area contributed by atoms with Crippen LogP contribution in [0, 0.1) is 0 Å². The number of rotatable bonds is 3. The minimum absolute atomic E-state index is 0.0369. The van der Waals surface area contributed by atoms with Crippen LogP contribution in [-0.2, 0) is 0 Å². The second-order valence-electron chi connectivity index (χ2n) is 6.71. The Labute approximate surface area is 169 Å². The molecule has 1 amide bonds. The predicted octanol–water partition coefficient (Wildman–Crippen LogP) is 5.45. The summed E-state index contributed by atoms with van der Waals surface area (Å²) in [6, 6.07) is 12.8. The van der Waals surface area contributed by atoms with Crippen LogP contribution >= 0.6 is 11.6 Å². The Morgan fingerprint density at radius 3 is 2.48 bits per heavy atom. The molecule has 0 fully saturated rings. The number of nitrogens with one attached hydrogen (secondary N) is 2. The predicted molar refractivity (Wildman–Crippen MR) is 104 cm³/mol. The van der Waals surface area contributed by atoms with Crippen molar-refractivity contribution in [3.8, 4) is 0 Å². The molecule has 150 valence electrons. The van der Waals surface area contributed by atoms with E-state index in [9.17, 15) is 18.0 Å². The highest BCUT2D eigenvalue weighted by atomic mass is 35.5. The molecule has 29 heavy (non-hydrogen) atoms. The first-order valence-electron chi connectivity index (χ1n) is 8.85. The average molecular weight is 421 g/mol. The number of nitrogens with zero attached hydrogens (tertiary/aromatic N) is 2. The van der Waals surface area contributed by atoms with E-state index in [1.165, 1.54) is 0 Å². The number of fused-ring (bicyclic) bond motifs is 1. The van der Waals surface area contributed by atoms with Crippen LogP contribution in [0.25, 0.3) is 0 Å². The van der Waals surface area contributed by atoms with Gasteiger partial charge in [-0.2, -0.15) is 18.3 Å². The number of benzene rings is 2. The zero-order valence-electron chi connectivity index (χ0n) is 14.9. The lowest BCUT2D eigenvalue weighted by molar-refractivity contribution is -0.173. The molecule has 2 atom stereocenters. The van der Waals surface area contributed by atoms with Gasteiger partial charge in [-0.1, -0.05) is 41.9 Å². The Kier molecular flexibility index (Phi) is 4.96. The molecular formula is C20H16ClF3N4O. The van der Waals surface area contributed by atoms with Crippen molar-refractivity contribution < 1.29 is 18.0 Å². The first-order valence-corrected chi connectivity index (χ1v) is 9.23. The summed E-state index contributed by atoms with van der Waals surface area (Å²) in [5.74, 6) is -0.519. The fourth-order valence-corrected chi connectivity index (χ4v) is 3.49. The summed E-state index contributed by atoms with van der Waals surface area (Å²) in [4.78, 5) is 12.7. The van der Waals surface area contributed by atoms with Crippen LogP contribution in [0.4, 0.5) is 24.7 Å². The lowest BCUT2D eigenvalue weighted by atomic mass is 9.96. The maximum Gasteiger partial charge on any atom is 0.410 e. The van der Waals surface area contributed by atoms with Gasteiger partial charge in [0, 0.05) is 17.1 Å². The summed E-state index contributed by atoms with van der Waals surface area (Å²) < 4.78 is 42.0. The molecule has 0 saturated heterocycles. The van der Waals surface area contributed by atoms with Gasteiger partial charge in [0.2, 0.25) is 0 Å². The number of amides is 1. The largest absolute Gasteiger partial charge is 0.410 e. The average Bonchev–Trinajstić information content (AvgIpc) is 3.13. The molecule has 1 aromatic heterocycles. The van der Waals surface area contributed by atoms with E-state index in [4.69, 9.17) is 11.6 Å². The number of aromatic nitrogens is 2. The van der Waals surface area contributed by atoms with Gasteiger partial charge >= 0.3 is 6.18 Å². The number of hydrogen-bond acceptors (Lipinski definition) is 3. The first kappa shape index (κ1) is 19.3. The van der Waals surface area contributed by atoms with Gasteiger partial charge in [-0.15, -0.1) is 0 Å². The van der Waals surface area contributed by atoms with E-state index in [0.717, 1.165) is 10.9 Å². The molecule has 2 N–H and O–H groups in total. The molecule has 2 heterocycles. The Balaban J connectivity index is 1.68. The van der Waals surface area contributed by atoms with E-state index in [2.05, 4.69) is 15.7 Å². The Hall–Kier alpha value is -3.00. The third-order valence-electron chi connectivity index (χ3n) is 4.79.